The van der Waals surface area contributed by atoms with Crippen LogP contribution in [0.1, 0.15) is 5.56 Å². The summed E-state index contributed by atoms with van der Waals surface area (Å²) in [5, 5.41) is 2.12. The van der Waals surface area contributed by atoms with Crippen LogP contribution >= 0.6 is 0 Å². The van der Waals surface area contributed by atoms with Crippen molar-refractivity contribution in [1.29, 1.82) is 0 Å². The van der Waals surface area contributed by atoms with Crippen LogP contribution in [0.4, 0.5) is 0 Å². The molecule has 4 aromatic rings. The number of aliphatic imine (C=N–C) groups is 1. The maximum atomic E-state index is 5.79. The molecular weight excluding hydrogens is 274 g/mol. The minimum Gasteiger partial charge on any atom is -0.470 e. The van der Waals surface area contributed by atoms with Crippen LogP contribution in [-0.4, -0.2) is 22.9 Å². The second-order valence-electron chi connectivity index (χ2n) is 5.28. The maximum Gasteiger partial charge on any atom is 0.179 e. The first kappa shape index (κ1) is 11.6. The van der Waals surface area contributed by atoms with Gasteiger partial charge in [0, 0.05) is 17.0 Å². The number of para-hydroxylation sites is 2. The minimum atomic E-state index is 0.351. The molecule has 0 radical (unpaired) electrons. The van der Waals surface area contributed by atoms with Gasteiger partial charge in [-0.15, -0.1) is 0 Å². The summed E-state index contributed by atoms with van der Waals surface area (Å²) in [6.45, 7) is 0.351. The first-order valence-corrected chi connectivity index (χ1v) is 7.16. The highest BCUT2D eigenvalue weighted by molar-refractivity contribution is 6.16. The summed E-state index contributed by atoms with van der Waals surface area (Å²) in [6.07, 6.45) is 1.84. The van der Waals surface area contributed by atoms with Crippen LogP contribution < -0.4 is 4.74 Å². The molecule has 1 aliphatic heterocycles. The van der Waals surface area contributed by atoms with Gasteiger partial charge in [-0.1, -0.05) is 36.4 Å². The average Bonchev–Trinajstić information content (AvgIpc) is 2.61. The van der Waals surface area contributed by atoms with Gasteiger partial charge in [0.05, 0.1) is 22.1 Å². The fourth-order valence-electron chi connectivity index (χ4n) is 3.02. The molecule has 0 N–H and O–H groups in total. The van der Waals surface area contributed by atoms with Gasteiger partial charge in [0.25, 0.3) is 0 Å². The molecule has 104 valence electrons. The SMILES string of the molecule is C1=NCOc2c1c1nc3ccccc3nc1c1ccccc21. The highest BCUT2D eigenvalue weighted by Crippen LogP contribution is 2.37. The summed E-state index contributed by atoms with van der Waals surface area (Å²) in [5.41, 5.74) is 4.43. The van der Waals surface area contributed by atoms with Crippen LogP contribution in [0.5, 0.6) is 5.75 Å². The Balaban J connectivity index is 2.09. The predicted octanol–water partition coefficient (Wildman–Crippen LogP) is 3.71. The Hall–Kier alpha value is -3.01. The molecule has 0 spiro atoms. The van der Waals surface area contributed by atoms with Gasteiger partial charge in [-0.25, -0.2) is 9.97 Å². The number of hydrogen-bond acceptors (Lipinski definition) is 4. The summed E-state index contributed by atoms with van der Waals surface area (Å²) in [6, 6.07) is 16.1. The molecule has 1 aromatic heterocycles. The lowest BCUT2D eigenvalue weighted by molar-refractivity contribution is 0.331. The molecular formula is C18H11N3O. The van der Waals surface area contributed by atoms with E-state index in [0.29, 0.717) is 6.73 Å². The minimum absolute atomic E-state index is 0.351. The second kappa shape index (κ2) is 4.24. The molecule has 2 heterocycles. The first-order valence-electron chi connectivity index (χ1n) is 7.16. The lowest BCUT2D eigenvalue weighted by atomic mass is 10.0. The van der Waals surface area contributed by atoms with Crippen LogP contribution in [0.2, 0.25) is 0 Å². The number of hydrogen-bond donors (Lipinski definition) is 0. The highest BCUT2D eigenvalue weighted by Gasteiger charge is 2.18. The quantitative estimate of drug-likeness (QED) is 0.365. The van der Waals surface area contributed by atoms with Crippen LogP contribution in [0, 0.1) is 0 Å². The van der Waals surface area contributed by atoms with E-state index in [1.54, 1.807) is 0 Å². The Bertz CT molecular complexity index is 1090. The Labute approximate surface area is 126 Å². The lowest BCUT2D eigenvalue weighted by Crippen LogP contribution is -2.07. The van der Waals surface area contributed by atoms with Gasteiger partial charge in [-0.2, -0.15) is 0 Å². The van der Waals surface area contributed by atoms with Crippen LogP contribution in [0.15, 0.2) is 53.5 Å². The third kappa shape index (κ3) is 1.49. The number of fused-ring (bicyclic) bond motifs is 7. The molecule has 5 rings (SSSR count). The molecule has 3 aromatic carbocycles. The van der Waals surface area contributed by atoms with Gasteiger partial charge in [0.1, 0.15) is 11.3 Å². The van der Waals surface area contributed by atoms with E-state index in [1.165, 1.54) is 0 Å². The highest BCUT2D eigenvalue weighted by atomic mass is 16.5. The predicted molar refractivity (Wildman–Crippen MR) is 87.6 cm³/mol. The second-order valence-corrected chi connectivity index (χ2v) is 5.28. The largest absolute Gasteiger partial charge is 0.470 e. The average molecular weight is 285 g/mol. The maximum absolute atomic E-state index is 5.79. The third-order valence-corrected chi connectivity index (χ3v) is 4.00. The summed E-state index contributed by atoms with van der Waals surface area (Å²) in [5.74, 6) is 0.850. The molecule has 0 fully saturated rings. The van der Waals surface area contributed by atoms with Crippen molar-refractivity contribution in [2.24, 2.45) is 4.99 Å². The van der Waals surface area contributed by atoms with E-state index in [4.69, 9.17) is 14.7 Å². The fourth-order valence-corrected chi connectivity index (χ4v) is 3.02. The number of benzene rings is 3. The summed E-state index contributed by atoms with van der Waals surface area (Å²) < 4.78 is 5.79. The normalized spacial score (nSPS) is 13.5. The van der Waals surface area contributed by atoms with Gasteiger partial charge in [-0.05, 0) is 12.1 Å². The van der Waals surface area contributed by atoms with Gasteiger partial charge < -0.3 is 4.74 Å². The van der Waals surface area contributed by atoms with Crippen molar-refractivity contribution in [3.63, 3.8) is 0 Å². The Morgan fingerprint density at radius 1 is 0.773 bits per heavy atom. The molecule has 0 amide bonds. The molecule has 22 heavy (non-hydrogen) atoms. The lowest BCUT2D eigenvalue weighted by Gasteiger charge is -2.17. The van der Waals surface area contributed by atoms with Gasteiger partial charge in [0.2, 0.25) is 0 Å². The van der Waals surface area contributed by atoms with Crippen LogP contribution in [0.25, 0.3) is 32.8 Å². The van der Waals surface area contributed by atoms with Crippen molar-refractivity contribution in [2.75, 3.05) is 6.73 Å². The summed E-state index contributed by atoms with van der Waals surface area (Å²) in [4.78, 5) is 13.9. The Kier molecular flexibility index (Phi) is 2.24. The zero-order valence-corrected chi connectivity index (χ0v) is 11.7. The zero-order chi connectivity index (χ0) is 14.5. The zero-order valence-electron chi connectivity index (χ0n) is 11.7. The van der Waals surface area contributed by atoms with E-state index in [1.807, 2.05) is 42.6 Å². The molecule has 0 aliphatic carbocycles. The van der Waals surface area contributed by atoms with Crippen LogP contribution in [0.3, 0.4) is 0 Å². The fraction of sp³-hybridized carbons (Fsp3) is 0.0556. The van der Waals surface area contributed by atoms with Crippen molar-refractivity contribution in [3.8, 4) is 5.75 Å². The molecule has 1 aliphatic rings. The van der Waals surface area contributed by atoms with E-state index < -0.39 is 0 Å². The molecule has 0 bridgehead atoms. The topological polar surface area (TPSA) is 47.4 Å². The van der Waals surface area contributed by atoms with Crippen LogP contribution in [-0.2, 0) is 0 Å². The number of nitrogens with zero attached hydrogens (tertiary/aromatic N) is 3. The summed E-state index contributed by atoms with van der Waals surface area (Å²) >= 11 is 0. The number of ether oxygens (including phenoxy) is 1. The van der Waals surface area contributed by atoms with Gasteiger partial charge in [0.15, 0.2) is 6.73 Å². The molecule has 4 heteroatoms. The van der Waals surface area contributed by atoms with Gasteiger partial charge in [-0.3, -0.25) is 4.99 Å². The first-order chi connectivity index (χ1) is 10.9. The molecule has 4 nitrogen and oxygen atoms in total. The van der Waals surface area contributed by atoms with E-state index in [-0.39, 0.29) is 0 Å². The third-order valence-electron chi connectivity index (χ3n) is 4.00. The standard InChI is InChI=1S/C18H11N3O/c1-2-6-12-11(5-1)16-17(13-9-19-10-22-18(12)13)21-15-8-4-3-7-14(15)20-16/h1-9H,10H2. The van der Waals surface area contributed by atoms with Crippen molar-refractivity contribution in [3.05, 3.63) is 54.1 Å². The number of rotatable bonds is 0. The molecule has 0 saturated heterocycles. The van der Waals surface area contributed by atoms with Crippen molar-refractivity contribution in [2.45, 2.75) is 0 Å². The van der Waals surface area contributed by atoms with E-state index in [9.17, 15) is 0 Å². The summed E-state index contributed by atoms with van der Waals surface area (Å²) in [7, 11) is 0. The van der Waals surface area contributed by atoms with E-state index >= 15 is 0 Å². The van der Waals surface area contributed by atoms with Crippen molar-refractivity contribution in [1.82, 2.24) is 9.97 Å². The molecule has 0 saturated carbocycles. The van der Waals surface area contributed by atoms with E-state index in [0.717, 1.165) is 44.2 Å². The molecule has 0 unspecified atom stereocenters. The Morgan fingerprint density at radius 2 is 1.45 bits per heavy atom. The smallest absolute Gasteiger partial charge is 0.179 e. The van der Waals surface area contributed by atoms with E-state index in [2.05, 4.69) is 17.1 Å². The Morgan fingerprint density at radius 3 is 2.27 bits per heavy atom. The van der Waals surface area contributed by atoms with Crippen molar-refractivity contribution >= 4 is 39.1 Å². The monoisotopic (exact) mass is 285 g/mol. The van der Waals surface area contributed by atoms with Gasteiger partial charge >= 0.3 is 0 Å². The number of aromatic nitrogens is 2. The van der Waals surface area contributed by atoms with Crippen molar-refractivity contribution < 1.29 is 4.74 Å². The molecule has 0 atom stereocenters.